The zero-order valence-electron chi connectivity index (χ0n) is 15.9. The van der Waals surface area contributed by atoms with E-state index in [-0.39, 0.29) is 29.6 Å². The molecule has 1 aromatic heterocycles. The highest BCUT2D eigenvalue weighted by molar-refractivity contribution is 5.94. The van der Waals surface area contributed by atoms with Gasteiger partial charge in [0.2, 0.25) is 0 Å². The quantitative estimate of drug-likeness (QED) is 0.724. The minimum absolute atomic E-state index is 0.0275. The number of hydrogen-bond donors (Lipinski definition) is 1. The van der Waals surface area contributed by atoms with Gasteiger partial charge in [0.1, 0.15) is 5.82 Å². The molecule has 0 radical (unpaired) electrons. The van der Waals surface area contributed by atoms with Crippen molar-refractivity contribution in [3.63, 3.8) is 0 Å². The lowest BCUT2D eigenvalue weighted by Gasteiger charge is -2.29. The number of carbonyl (C=O) groups excluding carboxylic acids is 1. The van der Waals surface area contributed by atoms with Crippen molar-refractivity contribution < 1.29 is 9.18 Å². The minimum Gasteiger partial charge on any atom is -0.331 e. The molecule has 144 valence electrons. The van der Waals surface area contributed by atoms with E-state index in [9.17, 15) is 14.0 Å². The van der Waals surface area contributed by atoms with Gasteiger partial charge in [0.15, 0.2) is 0 Å². The summed E-state index contributed by atoms with van der Waals surface area (Å²) in [7, 11) is 0. The van der Waals surface area contributed by atoms with Gasteiger partial charge in [-0.25, -0.2) is 4.39 Å². The molecule has 2 aromatic carbocycles. The second-order valence-corrected chi connectivity index (χ2v) is 7.51. The Labute approximate surface area is 163 Å². The maximum absolute atomic E-state index is 14.2. The molecule has 5 heteroatoms. The van der Waals surface area contributed by atoms with Crippen LogP contribution in [-0.4, -0.2) is 21.8 Å². The number of halogens is 1. The van der Waals surface area contributed by atoms with E-state index in [2.05, 4.69) is 4.98 Å². The van der Waals surface area contributed by atoms with Crippen LogP contribution in [0.3, 0.4) is 0 Å². The van der Waals surface area contributed by atoms with Gasteiger partial charge in [0, 0.05) is 11.6 Å². The molecule has 4 nitrogen and oxygen atoms in total. The van der Waals surface area contributed by atoms with E-state index >= 15 is 0 Å². The van der Waals surface area contributed by atoms with Gasteiger partial charge < -0.3 is 9.88 Å². The molecule has 0 unspecified atom stereocenters. The van der Waals surface area contributed by atoms with Crippen LogP contribution in [0.2, 0.25) is 0 Å². The lowest BCUT2D eigenvalue weighted by molar-refractivity contribution is 0.0659. The summed E-state index contributed by atoms with van der Waals surface area (Å²) in [6.07, 6.45) is 3.84. The molecular formula is C23H23FN2O2. The lowest BCUT2D eigenvalue weighted by Crippen LogP contribution is -2.40. The van der Waals surface area contributed by atoms with E-state index in [0.717, 1.165) is 42.1 Å². The van der Waals surface area contributed by atoms with Crippen LogP contribution in [0, 0.1) is 12.7 Å². The molecule has 1 amide bonds. The molecule has 4 rings (SSSR count). The fraction of sp³-hybridized carbons (Fsp3) is 0.304. The summed E-state index contributed by atoms with van der Waals surface area (Å²) in [4.78, 5) is 30.5. The summed E-state index contributed by atoms with van der Waals surface area (Å²) in [5.74, 6) is -0.882. The van der Waals surface area contributed by atoms with Crippen LogP contribution in [0.25, 0.3) is 10.9 Å². The minimum atomic E-state index is -0.529. The van der Waals surface area contributed by atoms with Crippen molar-refractivity contribution in [3.05, 3.63) is 81.4 Å². The van der Waals surface area contributed by atoms with Crippen LogP contribution in [0.1, 0.15) is 47.2 Å². The number of aryl methyl sites for hydroxylation is 1. The van der Waals surface area contributed by atoms with Crippen LogP contribution in [-0.2, 0) is 6.54 Å². The van der Waals surface area contributed by atoms with Gasteiger partial charge in [0.25, 0.3) is 11.5 Å². The first-order valence-corrected chi connectivity index (χ1v) is 9.71. The molecule has 3 aromatic rings. The van der Waals surface area contributed by atoms with E-state index in [0.29, 0.717) is 5.56 Å². The van der Waals surface area contributed by atoms with E-state index in [1.54, 1.807) is 17.0 Å². The topological polar surface area (TPSA) is 53.2 Å². The summed E-state index contributed by atoms with van der Waals surface area (Å²) >= 11 is 0. The average molecular weight is 378 g/mol. The van der Waals surface area contributed by atoms with Gasteiger partial charge in [-0.1, -0.05) is 43.2 Å². The Morgan fingerprint density at radius 1 is 1.14 bits per heavy atom. The summed E-state index contributed by atoms with van der Waals surface area (Å²) in [5, 5.41) is 0.930. The number of hydrogen-bond acceptors (Lipinski definition) is 2. The predicted octanol–water partition coefficient (Wildman–Crippen LogP) is 4.56. The second-order valence-electron chi connectivity index (χ2n) is 7.51. The molecule has 1 aliphatic rings. The number of pyridine rings is 1. The van der Waals surface area contributed by atoms with Crippen LogP contribution in [0.15, 0.2) is 53.3 Å². The predicted molar refractivity (Wildman–Crippen MR) is 108 cm³/mol. The zero-order chi connectivity index (χ0) is 19.7. The van der Waals surface area contributed by atoms with E-state index < -0.39 is 5.82 Å². The Hall–Kier alpha value is -2.95. The SMILES string of the molecule is Cc1cccc2cc(CN(C(=O)c3ccccc3F)C3CCCC3)c(=O)[nH]c12. The number of amides is 1. The molecule has 1 saturated carbocycles. The average Bonchev–Trinajstić information content (AvgIpc) is 3.21. The Morgan fingerprint density at radius 2 is 1.89 bits per heavy atom. The monoisotopic (exact) mass is 378 g/mol. The summed E-state index contributed by atoms with van der Waals surface area (Å²) in [5.41, 5.74) is 2.18. The largest absolute Gasteiger partial charge is 0.331 e. The molecule has 0 atom stereocenters. The number of aromatic amines is 1. The highest BCUT2D eigenvalue weighted by atomic mass is 19.1. The Kier molecular flexibility index (Phi) is 4.99. The number of H-pyrrole nitrogens is 1. The first-order valence-electron chi connectivity index (χ1n) is 9.71. The third-order valence-corrected chi connectivity index (χ3v) is 5.64. The van der Waals surface area contributed by atoms with Crippen molar-refractivity contribution >= 4 is 16.8 Å². The molecule has 28 heavy (non-hydrogen) atoms. The first kappa shape index (κ1) is 18.4. The zero-order valence-corrected chi connectivity index (χ0v) is 15.9. The van der Waals surface area contributed by atoms with Gasteiger partial charge in [-0.15, -0.1) is 0 Å². The molecule has 0 aliphatic heterocycles. The standard InChI is InChI=1S/C23H23FN2O2/c1-15-7-6-8-16-13-17(22(27)25-21(15)16)14-26(18-9-2-3-10-18)23(28)19-11-4-5-12-20(19)24/h4-8,11-13,18H,2-3,9-10,14H2,1H3,(H,25,27). The van der Waals surface area contributed by atoms with E-state index in [1.807, 2.05) is 31.2 Å². The van der Waals surface area contributed by atoms with Crippen LogP contribution in [0.5, 0.6) is 0 Å². The fourth-order valence-corrected chi connectivity index (χ4v) is 4.10. The Bertz CT molecular complexity index is 1080. The van der Waals surface area contributed by atoms with Gasteiger partial charge in [-0.05, 0) is 48.9 Å². The molecule has 0 spiro atoms. The van der Waals surface area contributed by atoms with Crippen LogP contribution in [0.4, 0.5) is 4.39 Å². The molecule has 1 fully saturated rings. The molecule has 1 aliphatic carbocycles. The summed E-state index contributed by atoms with van der Waals surface area (Å²) in [6, 6.07) is 13.7. The van der Waals surface area contributed by atoms with Crippen LogP contribution < -0.4 is 5.56 Å². The van der Waals surface area contributed by atoms with E-state index in [4.69, 9.17) is 0 Å². The number of rotatable bonds is 4. The third-order valence-electron chi connectivity index (χ3n) is 5.64. The number of para-hydroxylation sites is 1. The highest BCUT2D eigenvalue weighted by Crippen LogP contribution is 2.27. The number of benzene rings is 2. The van der Waals surface area contributed by atoms with Gasteiger partial charge in [-0.3, -0.25) is 9.59 Å². The smallest absolute Gasteiger partial charge is 0.257 e. The fourth-order valence-electron chi connectivity index (χ4n) is 4.10. The molecule has 1 heterocycles. The molecule has 0 saturated heterocycles. The number of aromatic nitrogens is 1. The maximum atomic E-state index is 14.2. The van der Waals surface area contributed by atoms with Crippen molar-refractivity contribution in [3.8, 4) is 0 Å². The van der Waals surface area contributed by atoms with Crippen molar-refractivity contribution in [1.82, 2.24) is 9.88 Å². The highest BCUT2D eigenvalue weighted by Gasteiger charge is 2.29. The van der Waals surface area contributed by atoms with Gasteiger partial charge in [-0.2, -0.15) is 0 Å². The van der Waals surface area contributed by atoms with E-state index in [1.165, 1.54) is 12.1 Å². The normalized spacial score (nSPS) is 14.5. The van der Waals surface area contributed by atoms with Crippen molar-refractivity contribution in [2.45, 2.75) is 45.2 Å². The van der Waals surface area contributed by atoms with Gasteiger partial charge in [0.05, 0.1) is 17.6 Å². The number of nitrogens with zero attached hydrogens (tertiary/aromatic N) is 1. The second kappa shape index (κ2) is 7.58. The Balaban J connectivity index is 1.73. The first-order chi connectivity index (χ1) is 13.5. The van der Waals surface area contributed by atoms with Crippen molar-refractivity contribution in [1.29, 1.82) is 0 Å². The third kappa shape index (κ3) is 3.44. The number of fused-ring (bicyclic) bond motifs is 1. The summed E-state index contributed by atoms with van der Waals surface area (Å²) < 4.78 is 14.2. The van der Waals surface area contributed by atoms with Crippen LogP contribution >= 0.6 is 0 Å². The molecular weight excluding hydrogens is 355 g/mol. The van der Waals surface area contributed by atoms with Crippen molar-refractivity contribution in [2.24, 2.45) is 0 Å². The maximum Gasteiger partial charge on any atom is 0.257 e. The number of carbonyl (C=O) groups is 1. The lowest BCUT2D eigenvalue weighted by atomic mass is 10.1. The van der Waals surface area contributed by atoms with Crippen molar-refractivity contribution in [2.75, 3.05) is 0 Å². The number of nitrogens with one attached hydrogen (secondary N) is 1. The molecule has 0 bridgehead atoms. The summed E-state index contributed by atoms with van der Waals surface area (Å²) in [6.45, 7) is 2.13. The van der Waals surface area contributed by atoms with Gasteiger partial charge >= 0.3 is 0 Å². The molecule has 1 N–H and O–H groups in total. The Morgan fingerprint density at radius 3 is 2.64 bits per heavy atom.